The second kappa shape index (κ2) is 6.38. The number of hydrogen-bond donors (Lipinski definition) is 4. The molecule has 102 valence electrons. The van der Waals surface area contributed by atoms with Gasteiger partial charge in [0.1, 0.15) is 0 Å². The molecule has 0 aliphatic heterocycles. The van der Waals surface area contributed by atoms with E-state index >= 15 is 0 Å². The maximum absolute atomic E-state index is 9.65. The van der Waals surface area contributed by atoms with Crippen LogP contribution in [0.3, 0.4) is 0 Å². The minimum atomic E-state index is -1.14. The summed E-state index contributed by atoms with van der Waals surface area (Å²) < 4.78 is 5.59. The Hall–Kier alpha value is -0.820. The monoisotopic (exact) mass is 319 g/mol. The zero-order valence-corrected chi connectivity index (χ0v) is 12.0. The summed E-state index contributed by atoms with van der Waals surface area (Å²) in [5.74, 6) is 0.443. The lowest BCUT2D eigenvalue weighted by Gasteiger charge is -2.20. The van der Waals surface area contributed by atoms with Crippen molar-refractivity contribution < 1.29 is 20.1 Å². The van der Waals surface area contributed by atoms with Crippen LogP contribution in [0.25, 0.3) is 0 Å². The van der Waals surface area contributed by atoms with E-state index in [4.69, 9.17) is 9.84 Å². The molecule has 0 aromatic heterocycles. The molecule has 0 aliphatic carbocycles. The third kappa shape index (κ3) is 4.13. The van der Waals surface area contributed by atoms with E-state index < -0.39 is 5.60 Å². The molecule has 18 heavy (non-hydrogen) atoms. The molecule has 0 spiro atoms. The summed E-state index contributed by atoms with van der Waals surface area (Å²) in [5, 5.41) is 31.2. The molecular weight excluding hydrogens is 302 g/mol. The molecule has 1 atom stereocenters. The smallest absolute Gasteiger partial charge is 0.172 e. The zero-order valence-electron chi connectivity index (χ0n) is 10.4. The lowest BCUT2D eigenvalue weighted by atomic mass is 10.1. The first kappa shape index (κ1) is 15.2. The Morgan fingerprint density at radius 1 is 1.44 bits per heavy atom. The van der Waals surface area contributed by atoms with Crippen LogP contribution in [0, 0.1) is 0 Å². The summed E-state index contributed by atoms with van der Waals surface area (Å²) in [6.45, 7) is 2.01. The van der Waals surface area contributed by atoms with Crippen LogP contribution in [0.1, 0.15) is 12.5 Å². The van der Waals surface area contributed by atoms with E-state index in [1.54, 1.807) is 19.1 Å². The zero-order chi connectivity index (χ0) is 13.8. The Kier molecular flexibility index (Phi) is 5.40. The van der Waals surface area contributed by atoms with Crippen molar-refractivity contribution >= 4 is 15.9 Å². The fraction of sp³-hybridized carbons (Fsp3) is 0.500. The predicted molar refractivity (Wildman–Crippen MR) is 71.8 cm³/mol. The van der Waals surface area contributed by atoms with Gasteiger partial charge in [-0.05, 0) is 40.5 Å². The predicted octanol–water partition coefficient (Wildman–Crippen LogP) is 0.996. The number of nitrogens with one attached hydrogen (secondary N) is 1. The van der Waals surface area contributed by atoms with Crippen LogP contribution in [0.2, 0.25) is 0 Å². The van der Waals surface area contributed by atoms with Crippen LogP contribution in [-0.2, 0) is 6.54 Å². The lowest BCUT2D eigenvalue weighted by molar-refractivity contribution is 0.00253. The van der Waals surface area contributed by atoms with E-state index in [1.165, 1.54) is 7.11 Å². The fourth-order valence-electron chi connectivity index (χ4n) is 1.42. The minimum Gasteiger partial charge on any atom is -0.503 e. The van der Waals surface area contributed by atoms with Crippen molar-refractivity contribution in [2.75, 3.05) is 20.3 Å². The minimum absolute atomic E-state index is 0.0589. The normalized spacial score (nSPS) is 14.3. The summed E-state index contributed by atoms with van der Waals surface area (Å²) in [6.07, 6.45) is 0. The molecule has 0 saturated carbocycles. The van der Waals surface area contributed by atoms with Gasteiger partial charge in [-0.2, -0.15) is 0 Å². The van der Waals surface area contributed by atoms with E-state index in [1.807, 2.05) is 0 Å². The highest BCUT2D eigenvalue weighted by Gasteiger charge is 2.18. The Morgan fingerprint density at radius 2 is 2.11 bits per heavy atom. The van der Waals surface area contributed by atoms with Crippen LogP contribution in [0.4, 0.5) is 0 Å². The molecule has 0 aliphatic rings. The van der Waals surface area contributed by atoms with Gasteiger partial charge in [-0.1, -0.05) is 0 Å². The van der Waals surface area contributed by atoms with E-state index in [0.717, 1.165) is 5.56 Å². The molecule has 1 unspecified atom stereocenters. The summed E-state index contributed by atoms with van der Waals surface area (Å²) in [7, 11) is 1.48. The van der Waals surface area contributed by atoms with Crippen molar-refractivity contribution in [2.24, 2.45) is 0 Å². The Balaban J connectivity index is 2.66. The molecule has 0 bridgehead atoms. The molecule has 0 saturated heterocycles. The summed E-state index contributed by atoms with van der Waals surface area (Å²) in [5.41, 5.74) is -0.247. The number of aliphatic hydroxyl groups is 2. The van der Waals surface area contributed by atoms with Gasteiger partial charge in [0.2, 0.25) is 0 Å². The molecular formula is C12H18BrNO4. The Bertz CT molecular complexity index is 409. The summed E-state index contributed by atoms with van der Waals surface area (Å²) in [6, 6.07) is 3.47. The van der Waals surface area contributed by atoms with Crippen molar-refractivity contribution in [3.63, 3.8) is 0 Å². The maximum Gasteiger partial charge on any atom is 0.172 e. The molecule has 0 heterocycles. The van der Waals surface area contributed by atoms with Crippen molar-refractivity contribution in [3.8, 4) is 11.5 Å². The Labute approximate surface area is 115 Å². The number of methoxy groups -OCH3 is 1. The van der Waals surface area contributed by atoms with E-state index in [-0.39, 0.29) is 18.9 Å². The highest BCUT2D eigenvalue weighted by molar-refractivity contribution is 9.10. The number of hydrogen-bond acceptors (Lipinski definition) is 5. The third-order valence-electron chi connectivity index (χ3n) is 2.48. The number of phenolic OH excluding ortho intramolecular Hbond substituents is 1. The second-order valence-corrected chi connectivity index (χ2v) is 5.24. The number of halogens is 1. The second-order valence-electron chi connectivity index (χ2n) is 4.39. The van der Waals surface area contributed by atoms with Crippen molar-refractivity contribution in [1.29, 1.82) is 0 Å². The highest BCUT2D eigenvalue weighted by atomic mass is 79.9. The number of ether oxygens (including phenoxy) is 1. The van der Waals surface area contributed by atoms with Crippen molar-refractivity contribution in [3.05, 3.63) is 22.2 Å². The van der Waals surface area contributed by atoms with Crippen LogP contribution in [0.5, 0.6) is 11.5 Å². The van der Waals surface area contributed by atoms with Gasteiger partial charge in [-0.25, -0.2) is 0 Å². The van der Waals surface area contributed by atoms with Crippen LogP contribution >= 0.6 is 15.9 Å². The molecule has 0 radical (unpaired) electrons. The highest BCUT2D eigenvalue weighted by Crippen LogP contribution is 2.35. The SMILES string of the molecule is COc1cc(CNCC(C)(O)CO)cc(Br)c1O. The fourth-order valence-corrected chi connectivity index (χ4v) is 1.91. The van der Waals surface area contributed by atoms with Gasteiger partial charge in [-0.15, -0.1) is 0 Å². The molecule has 0 amide bonds. The summed E-state index contributed by atoms with van der Waals surface area (Å²) >= 11 is 3.24. The van der Waals surface area contributed by atoms with Crippen molar-refractivity contribution in [2.45, 2.75) is 19.1 Å². The van der Waals surface area contributed by atoms with Gasteiger partial charge in [0.05, 0.1) is 23.8 Å². The number of benzene rings is 1. The first-order valence-corrected chi connectivity index (χ1v) is 6.28. The lowest BCUT2D eigenvalue weighted by Crippen LogP contribution is -2.40. The molecule has 1 aromatic rings. The van der Waals surface area contributed by atoms with E-state index in [0.29, 0.717) is 16.8 Å². The van der Waals surface area contributed by atoms with Gasteiger partial charge in [0, 0.05) is 13.1 Å². The number of rotatable bonds is 6. The van der Waals surface area contributed by atoms with Gasteiger partial charge in [0.25, 0.3) is 0 Å². The van der Waals surface area contributed by atoms with Crippen LogP contribution in [-0.4, -0.2) is 41.2 Å². The average Bonchev–Trinajstić information content (AvgIpc) is 2.33. The average molecular weight is 320 g/mol. The van der Waals surface area contributed by atoms with Gasteiger partial charge >= 0.3 is 0 Å². The largest absolute Gasteiger partial charge is 0.503 e. The number of phenols is 1. The molecule has 5 nitrogen and oxygen atoms in total. The number of aliphatic hydroxyl groups excluding tert-OH is 1. The first-order valence-electron chi connectivity index (χ1n) is 5.49. The first-order chi connectivity index (χ1) is 8.39. The van der Waals surface area contributed by atoms with Gasteiger partial charge in [0.15, 0.2) is 11.5 Å². The van der Waals surface area contributed by atoms with Crippen LogP contribution < -0.4 is 10.1 Å². The van der Waals surface area contributed by atoms with Gasteiger partial charge < -0.3 is 25.4 Å². The third-order valence-corrected chi connectivity index (χ3v) is 3.09. The van der Waals surface area contributed by atoms with Crippen LogP contribution in [0.15, 0.2) is 16.6 Å². The standard InChI is InChI=1S/C12H18BrNO4/c1-12(17,7-15)6-14-5-8-3-9(13)11(16)10(4-8)18-2/h3-4,14-17H,5-7H2,1-2H3. The quantitative estimate of drug-likeness (QED) is 0.629. The molecule has 1 rings (SSSR count). The Morgan fingerprint density at radius 3 is 2.67 bits per heavy atom. The molecule has 4 N–H and O–H groups in total. The number of aromatic hydroxyl groups is 1. The molecule has 1 aromatic carbocycles. The summed E-state index contributed by atoms with van der Waals surface area (Å²) in [4.78, 5) is 0. The van der Waals surface area contributed by atoms with E-state index in [2.05, 4.69) is 21.2 Å². The molecule has 0 fully saturated rings. The maximum atomic E-state index is 9.65. The van der Waals surface area contributed by atoms with Crippen molar-refractivity contribution in [1.82, 2.24) is 5.32 Å². The van der Waals surface area contributed by atoms with Gasteiger partial charge in [-0.3, -0.25) is 0 Å². The molecule has 6 heteroatoms. The van der Waals surface area contributed by atoms with E-state index in [9.17, 15) is 10.2 Å². The topological polar surface area (TPSA) is 82.0 Å².